The zero-order valence-corrected chi connectivity index (χ0v) is 11.8. The number of hydrogen-bond acceptors (Lipinski definition) is 5. The van der Waals surface area contributed by atoms with Crippen LogP contribution in [-0.2, 0) is 0 Å². The van der Waals surface area contributed by atoms with Crippen LogP contribution in [0.5, 0.6) is 0 Å². The maximum Gasteiger partial charge on any atom is 0.271 e. The minimum absolute atomic E-state index is 0.214. The lowest BCUT2D eigenvalue weighted by Crippen LogP contribution is -2.30. The smallest absolute Gasteiger partial charge is 0.271 e. The number of anilines is 1. The fourth-order valence-electron chi connectivity index (χ4n) is 2.46. The fourth-order valence-corrected chi connectivity index (χ4v) is 2.46. The Kier molecular flexibility index (Phi) is 5.29. The number of aliphatic hydroxyl groups is 1. The molecule has 2 unspecified atom stereocenters. The van der Waals surface area contributed by atoms with Crippen LogP contribution in [0.25, 0.3) is 0 Å². The molecule has 0 radical (unpaired) electrons. The molecule has 0 spiro atoms. The Morgan fingerprint density at radius 1 is 1.35 bits per heavy atom. The second-order valence-corrected chi connectivity index (χ2v) is 5.16. The molecule has 1 aliphatic carbocycles. The summed E-state index contributed by atoms with van der Waals surface area (Å²) in [4.78, 5) is 11.5. The molecule has 3 N–H and O–H groups in total. The summed E-state index contributed by atoms with van der Waals surface area (Å²) >= 11 is 0. The maximum absolute atomic E-state index is 11.5. The van der Waals surface area contributed by atoms with Crippen molar-refractivity contribution in [2.24, 2.45) is 5.92 Å². The molecule has 2 atom stereocenters. The lowest BCUT2D eigenvalue weighted by molar-refractivity contribution is 0.0763. The SMILES string of the molecule is CCNC(=O)c1ccc(NCC2CCCCC2O)nn1. The number of hydrogen-bond donors (Lipinski definition) is 3. The van der Waals surface area contributed by atoms with Crippen LogP contribution in [0.1, 0.15) is 43.1 Å². The average molecular weight is 278 g/mol. The van der Waals surface area contributed by atoms with Crippen molar-refractivity contribution in [3.8, 4) is 0 Å². The van der Waals surface area contributed by atoms with Crippen molar-refractivity contribution in [2.45, 2.75) is 38.7 Å². The third-order valence-corrected chi connectivity index (χ3v) is 3.65. The van der Waals surface area contributed by atoms with Gasteiger partial charge in [-0.1, -0.05) is 12.8 Å². The van der Waals surface area contributed by atoms with Crippen molar-refractivity contribution in [2.75, 3.05) is 18.4 Å². The molecule has 2 rings (SSSR count). The Morgan fingerprint density at radius 3 is 2.80 bits per heavy atom. The van der Waals surface area contributed by atoms with E-state index < -0.39 is 0 Å². The number of amides is 1. The van der Waals surface area contributed by atoms with E-state index in [9.17, 15) is 9.90 Å². The summed E-state index contributed by atoms with van der Waals surface area (Å²) in [6, 6.07) is 3.39. The zero-order chi connectivity index (χ0) is 14.4. The lowest BCUT2D eigenvalue weighted by Gasteiger charge is -2.27. The average Bonchev–Trinajstić information content (AvgIpc) is 2.47. The Balaban J connectivity index is 1.85. The van der Waals surface area contributed by atoms with Crippen molar-refractivity contribution in [3.63, 3.8) is 0 Å². The predicted octanol–water partition coefficient (Wildman–Crippen LogP) is 1.19. The first kappa shape index (κ1) is 14.7. The van der Waals surface area contributed by atoms with Gasteiger partial charge in [0.1, 0.15) is 5.82 Å². The number of nitrogens with one attached hydrogen (secondary N) is 2. The summed E-state index contributed by atoms with van der Waals surface area (Å²) in [6.07, 6.45) is 3.98. The molecule has 0 aliphatic heterocycles. The maximum atomic E-state index is 11.5. The molecule has 1 amide bonds. The summed E-state index contributed by atoms with van der Waals surface area (Å²) in [7, 11) is 0. The zero-order valence-electron chi connectivity index (χ0n) is 11.8. The highest BCUT2D eigenvalue weighted by molar-refractivity contribution is 5.92. The molecule has 110 valence electrons. The van der Waals surface area contributed by atoms with Gasteiger partial charge in [-0.3, -0.25) is 4.79 Å². The van der Waals surface area contributed by atoms with E-state index in [-0.39, 0.29) is 17.9 Å². The number of aliphatic hydroxyl groups excluding tert-OH is 1. The highest BCUT2D eigenvalue weighted by Gasteiger charge is 2.22. The van der Waals surface area contributed by atoms with Gasteiger partial charge in [0.25, 0.3) is 5.91 Å². The quantitative estimate of drug-likeness (QED) is 0.753. The van der Waals surface area contributed by atoms with Gasteiger partial charge in [0.15, 0.2) is 5.69 Å². The molecule has 1 fully saturated rings. The monoisotopic (exact) mass is 278 g/mol. The van der Waals surface area contributed by atoms with E-state index in [1.807, 2.05) is 6.92 Å². The predicted molar refractivity (Wildman–Crippen MR) is 76.5 cm³/mol. The van der Waals surface area contributed by atoms with Gasteiger partial charge < -0.3 is 15.7 Å². The molecule has 6 heteroatoms. The van der Waals surface area contributed by atoms with Crippen molar-refractivity contribution in [1.82, 2.24) is 15.5 Å². The Labute approximate surface area is 119 Å². The van der Waals surface area contributed by atoms with Gasteiger partial charge in [-0.15, -0.1) is 10.2 Å². The first-order valence-electron chi connectivity index (χ1n) is 7.24. The van der Waals surface area contributed by atoms with Crippen LogP contribution >= 0.6 is 0 Å². The van der Waals surface area contributed by atoms with Crippen molar-refractivity contribution in [3.05, 3.63) is 17.8 Å². The van der Waals surface area contributed by atoms with Gasteiger partial charge in [-0.05, 0) is 31.9 Å². The van der Waals surface area contributed by atoms with E-state index in [1.54, 1.807) is 12.1 Å². The van der Waals surface area contributed by atoms with E-state index in [4.69, 9.17) is 0 Å². The van der Waals surface area contributed by atoms with Crippen molar-refractivity contribution >= 4 is 11.7 Å². The van der Waals surface area contributed by atoms with E-state index in [2.05, 4.69) is 20.8 Å². The van der Waals surface area contributed by atoms with Crippen LogP contribution in [0.15, 0.2) is 12.1 Å². The number of carbonyl (C=O) groups is 1. The van der Waals surface area contributed by atoms with Gasteiger partial charge in [0, 0.05) is 19.0 Å². The van der Waals surface area contributed by atoms with E-state index in [0.29, 0.717) is 24.6 Å². The highest BCUT2D eigenvalue weighted by Crippen LogP contribution is 2.24. The number of carbonyl (C=O) groups excluding carboxylic acids is 1. The molecule has 0 bridgehead atoms. The van der Waals surface area contributed by atoms with Gasteiger partial charge in [-0.25, -0.2) is 0 Å². The lowest BCUT2D eigenvalue weighted by atomic mass is 9.86. The van der Waals surface area contributed by atoms with Gasteiger partial charge in [0.05, 0.1) is 6.10 Å². The first-order chi connectivity index (χ1) is 9.70. The molecule has 0 aromatic carbocycles. The molecule has 1 saturated carbocycles. The van der Waals surface area contributed by atoms with Gasteiger partial charge in [0.2, 0.25) is 0 Å². The Bertz CT molecular complexity index is 435. The third kappa shape index (κ3) is 3.90. The number of aromatic nitrogens is 2. The molecule has 20 heavy (non-hydrogen) atoms. The molecule has 0 saturated heterocycles. The van der Waals surface area contributed by atoms with Crippen molar-refractivity contribution in [1.29, 1.82) is 0 Å². The molecule has 1 aromatic rings. The van der Waals surface area contributed by atoms with E-state index in [0.717, 1.165) is 19.3 Å². The fraction of sp³-hybridized carbons (Fsp3) is 0.643. The second kappa shape index (κ2) is 7.19. The minimum Gasteiger partial charge on any atom is -0.393 e. The normalized spacial score (nSPS) is 22.3. The largest absolute Gasteiger partial charge is 0.393 e. The van der Waals surface area contributed by atoms with Crippen LogP contribution in [0.2, 0.25) is 0 Å². The highest BCUT2D eigenvalue weighted by atomic mass is 16.3. The van der Waals surface area contributed by atoms with Crippen LogP contribution in [0.4, 0.5) is 5.82 Å². The first-order valence-corrected chi connectivity index (χ1v) is 7.24. The summed E-state index contributed by atoms with van der Waals surface area (Å²) in [6.45, 7) is 3.12. The minimum atomic E-state index is -0.223. The Hall–Kier alpha value is -1.69. The number of rotatable bonds is 5. The molecule has 6 nitrogen and oxygen atoms in total. The third-order valence-electron chi connectivity index (χ3n) is 3.65. The summed E-state index contributed by atoms with van der Waals surface area (Å²) < 4.78 is 0. The summed E-state index contributed by atoms with van der Waals surface area (Å²) in [5.41, 5.74) is 0.315. The summed E-state index contributed by atoms with van der Waals surface area (Å²) in [5, 5.41) is 23.6. The van der Waals surface area contributed by atoms with Crippen LogP contribution in [0.3, 0.4) is 0 Å². The topological polar surface area (TPSA) is 87.1 Å². The number of nitrogens with zero attached hydrogens (tertiary/aromatic N) is 2. The Morgan fingerprint density at radius 2 is 2.15 bits per heavy atom. The van der Waals surface area contributed by atoms with Gasteiger partial charge >= 0.3 is 0 Å². The molecule has 1 heterocycles. The van der Waals surface area contributed by atoms with E-state index >= 15 is 0 Å². The summed E-state index contributed by atoms with van der Waals surface area (Å²) in [5.74, 6) is 0.693. The molecule has 1 aromatic heterocycles. The van der Waals surface area contributed by atoms with E-state index in [1.165, 1.54) is 6.42 Å². The molecular weight excluding hydrogens is 256 g/mol. The molecule has 1 aliphatic rings. The van der Waals surface area contributed by atoms with Crippen molar-refractivity contribution < 1.29 is 9.90 Å². The van der Waals surface area contributed by atoms with Crippen LogP contribution in [-0.4, -0.2) is 40.4 Å². The second-order valence-electron chi connectivity index (χ2n) is 5.16. The van der Waals surface area contributed by atoms with Crippen LogP contribution in [0, 0.1) is 5.92 Å². The van der Waals surface area contributed by atoms with Gasteiger partial charge in [-0.2, -0.15) is 0 Å². The standard InChI is InChI=1S/C14H22N4O2/c1-2-15-14(20)11-7-8-13(18-17-11)16-9-10-5-3-4-6-12(10)19/h7-8,10,12,19H,2-6,9H2,1H3,(H,15,20)(H,16,18). The molecular formula is C14H22N4O2. The van der Waals surface area contributed by atoms with Crippen LogP contribution < -0.4 is 10.6 Å².